The van der Waals surface area contributed by atoms with Crippen LogP contribution in [0.3, 0.4) is 0 Å². The monoisotopic (exact) mass is 312 g/mol. The smallest absolute Gasteiger partial charge is 0.163 e. The lowest BCUT2D eigenvalue weighted by molar-refractivity contribution is 0.606. The minimum atomic E-state index is 0.681. The standard InChI is InChI=1S/C19H28N4/c1-4-5-12-20-17-14-18(21-13-11-15(2)3)23-19(22-17)16-9-7-6-8-10-16/h6-10,14-15H,4-5,11-13H2,1-3H3,(H2,20,21,22,23). The van der Waals surface area contributed by atoms with Gasteiger partial charge in [-0.3, -0.25) is 0 Å². The minimum absolute atomic E-state index is 0.681. The van der Waals surface area contributed by atoms with Gasteiger partial charge in [0.1, 0.15) is 11.6 Å². The number of unbranched alkanes of at least 4 members (excludes halogenated alkanes) is 1. The Kier molecular flexibility index (Phi) is 6.85. The normalized spacial score (nSPS) is 10.8. The van der Waals surface area contributed by atoms with E-state index in [0.717, 1.165) is 49.0 Å². The Morgan fingerprint density at radius 1 is 0.957 bits per heavy atom. The molecule has 0 fully saturated rings. The van der Waals surface area contributed by atoms with E-state index in [-0.39, 0.29) is 0 Å². The maximum atomic E-state index is 4.67. The molecule has 2 N–H and O–H groups in total. The van der Waals surface area contributed by atoms with Crippen LogP contribution in [0, 0.1) is 5.92 Å². The maximum absolute atomic E-state index is 4.67. The second kappa shape index (κ2) is 9.13. The van der Waals surface area contributed by atoms with Crippen LogP contribution in [0.1, 0.15) is 40.0 Å². The van der Waals surface area contributed by atoms with Crippen molar-refractivity contribution >= 4 is 11.6 Å². The molecule has 0 saturated heterocycles. The quantitative estimate of drug-likeness (QED) is 0.652. The third kappa shape index (κ3) is 5.89. The Hall–Kier alpha value is -2.10. The Morgan fingerprint density at radius 3 is 2.22 bits per heavy atom. The highest BCUT2D eigenvalue weighted by Crippen LogP contribution is 2.20. The van der Waals surface area contributed by atoms with Gasteiger partial charge >= 0.3 is 0 Å². The zero-order valence-electron chi connectivity index (χ0n) is 14.5. The molecule has 0 bridgehead atoms. The summed E-state index contributed by atoms with van der Waals surface area (Å²) in [4.78, 5) is 9.32. The van der Waals surface area contributed by atoms with E-state index < -0.39 is 0 Å². The summed E-state index contributed by atoms with van der Waals surface area (Å²) in [5.74, 6) is 3.22. The predicted molar refractivity (Wildman–Crippen MR) is 98.8 cm³/mol. The van der Waals surface area contributed by atoms with Gasteiger partial charge < -0.3 is 10.6 Å². The molecule has 23 heavy (non-hydrogen) atoms. The summed E-state index contributed by atoms with van der Waals surface area (Å²) in [6.07, 6.45) is 3.44. The van der Waals surface area contributed by atoms with Crippen molar-refractivity contribution in [3.05, 3.63) is 36.4 Å². The molecule has 0 unspecified atom stereocenters. The molecule has 0 spiro atoms. The number of nitrogens with one attached hydrogen (secondary N) is 2. The Bertz CT molecular complexity index is 581. The molecule has 2 aromatic rings. The van der Waals surface area contributed by atoms with Crippen molar-refractivity contribution in [1.82, 2.24) is 9.97 Å². The lowest BCUT2D eigenvalue weighted by Crippen LogP contribution is -2.09. The van der Waals surface area contributed by atoms with Gasteiger partial charge in [-0.05, 0) is 18.8 Å². The number of aromatic nitrogens is 2. The van der Waals surface area contributed by atoms with Crippen LogP contribution in [0.4, 0.5) is 11.6 Å². The second-order valence-electron chi connectivity index (χ2n) is 6.22. The first-order valence-corrected chi connectivity index (χ1v) is 8.61. The number of hydrogen-bond donors (Lipinski definition) is 2. The molecule has 4 heteroatoms. The van der Waals surface area contributed by atoms with E-state index in [9.17, 15) is 0 Å². The molecule has 0 radical (unpaired) electrons. The van der Waals surface area contributed by atoms with Gasteiger partial charge in [0.05, 0.1) is 0 Å². The zero-order chi connectivity index (χ0) is 16.5. The molecule has 0 aliphatic rings. The summed E-state index contributed by atoms with van der Waals surface area (Å²) >= 11 is 0. The molecular weight excluding hydrogens is 284 g/mol. The summed E-state index contributed by atoms with van der Waals surface area (Å²) in [5.41, 5.74) is 1.04. The van der Waals surface area contributed by atoms with Crippen molar-refractivity contribution in [2.45, 2.75) is 40.0 Å². The molecule has 1 aromatic heterocycles. The number of benzene rings is 1. The van der Waals surface area contributed by atoms with Crippen LogP contribution in [0.2, 0.25) is 0 Å². The van der Waals surface area contributed by atoms with Gasteiger partial charge in [-0.2, -0.15) is 0 Å². The number of rotatable bonds is 9. The molecule has 0 amide bonds. The molecule has 0 atom stereocenters. The summed E-state index contributed by atoms with van der Waals surface area (Å²) in [7, 11) is 0. The molecule has 2 rings (SSSR count). The van der Waals surface area contributed by atoms with Gasteiger partial charge in [-0.25, -0.2) is 9.97 Å². The predicted octanol–water partition coefficient (Wildman–Crippen LogP) is 4.81. The van der Waals surface area contributed by atoms with Crippen LogP contribution in [-0.2, 0) is 0 Å². The van der Waals surface area contributed by atoms with E-state index in [2.05, 4.69) is 41.4 Å². The van der Waals surface area contributed by atoms with E-state index >= 15 is 0 Å². The van der Waals surface area contributed by atoms with Gasteiger partial charge in [-0.1, -0.05) is 57.5 Å². The summed E-state index contributed by atoms with van der Waals surface area (Å²) < 4.78 is 0. The topological polar surface area (TPSA) is 49.8 Å². The number of hydrogen-bond acceptors (Lipinski definition) is 4. The highest BCUT2D eigenvalue weighted by molar-refractivity contribution is 5.61. The van der Waals surface area contributed by atoms with Crippen LogP contribution in [-0.4, -0.2) is 23.1 Å². The van der Waals surface area contributed by atoms with Gasteiger partial charge in [0, 0.05) is 24.7 Å². The summed E-state index contributed by atoms with van der Waals surface area (Å²) in [6, 6.07) is 12.1. The third-order valence-corrected chi connectivity index (χ3v) is 3.62. The molecule has 124 valence electrons. The SMILES string of the molecule is CCCCNc1cc(NCCC(C)C)nc(-c2ccccc2)n1. The molecule has 0 aliphatic carbocycles. The van der Waals surface area contributed by atoms with Crippen molar-refractivity contribution in [2.24, 2.45) is 5.92 Å². The van der Waals surface area contributed by atoms with E-state index in [1.807, 2.05) is 36.4 Å². The van der Waals surface area contributed by atoms with Crippen molar-refractivity contribution in [1.29, 1.82) is 0 Å². The third-order valence-electron chi connectivity index (χ3n) is 3.62. The number of nitrogens with zero attached hydrogens (tertiary/aromatic N) is 2. The summed E-state index contributed by atoms with van der Waals surface area (Å²) in [5, 5.41) is 6.83. The molecule has 0 saturated carbocycles. The van der Waals surface area contributed by atoms with Crippen LogP contribution < -0.4 is 10.6 Å². The van der Waals surface area contributed by atoms with E-state index in [1.165, 1.54) is 6.42 Å². The van der Waals surface area contributed by atoms with Crippen molar-refractivity contribution in [2.75, 3.05) is 23.7 Å². The van der Waals surface area contributed by atoms with Gasteiger partial charge in [0.2, 0.25) is 0 Å². The molecular formula is C19H28N4. The van der Waals surface area contributed by atoms with E-state index in [4.69, 9.17) is 0 Å². The lowest BCUT2D eigenvalue weighted by atomic mass is 10.1. The highest BCUT2D eigenvalue weighted by atomic mass is 15.1. The second-order valence-corrected chi connectivity index (χ2v) is 6.22. The van der Waals surface area contributed by atoms with Gasteiger partial charge in [0.25, 0.3) is 0 Å². The molecule has 1 aromatic carbocycles. The largest absolute Gasteiger partial charge is 0.370 e. The van der Waals surface area contributed by atoms with Crippen molar-refractivity contribution in [3.8, 4) is 11.4 Å². The zero-order valence-corrected chi connectivity index (χ0v) is 14.5. The fourth-order valence-corrected chi connectivity index (χ4v) is 2.23. The van der Waals surface area contributed by atoms with Crippen molar-refractivity contribution < 1.29 is 0 Å². The number of anilines is 2. The maximum Gasteiger partial charge on any atom is 0.163 e. The first-order valence-electron chi connectivity index (χ1n) is 8.61. The summed E-state index contributed by atoms with van der Waals surface area (Å²) in [6.45, 7) is 8.52. The van der Waals surface area contributed by atoms with Crippen LogP contribution in [0.5, 0.6) is 0 Å². The molecule has 4 nitrogen and oxygen atoms in total. The first-order chi connectivity index (χ1) is 11.2. The van der Waals surface area contributed by atoms with E-state index in [0.29, 0.717) is 5.92 Å². The molecule has 1 heterocycles. The average Bonchev–Trinajstić information content (AvgIpc) is 2.55. The Labute approximate surface area is 139 Å². The fourth-order valence-electron chi connectivity index (χ4n) is 2.23. The highest BCUT2D eigenvalue weighted by Gasteiger charge is 2.07. The van der Waals surface area contributed by atoms with Crippen molar-refractivity contribution in [3.63, 3.8) is 0 Å². The lowest BCUT2D eigenvalue weighted by Gasteiger charge is -2.12. The van der Waals surface area contributed by atoms with Crippen LogP contribution in [0.15, 0.2) is 36.4 Å². The fraction of sp³-hybridized carbons (Fsp3) is 0.474. The minimum Gasteiger partial charge on any atom is -0.370 e. The average molecular weight is 312 g/mol. The van der Waals surface area contributed by atoms with Gasteiger partial charge in [0.15, 0.2) is 5.82 Å². The van der Waals surface area contributed by atoms with Gasteiger partial charge in [-0.15, -0.1) is 0 Å². The van der Waals surface area contributed by atoms with Crippen LogP contribution in [0.25, 0.3) is 11.4 Å². The first kappa shape index (κ1) is 17.3. The van der Waals surface area contributed by atoms with Crippen LogP contribution >= 0.6 is 0 Å². The Balaban J connectivity index is 2.17. The Morgan fingerprint density at radius 2 is 1.61 bits per heavy atom. The van der Waals surface area contributed by atoms with E-state index in [1.54, 1.807) is 0 Å². The molecule has 0 aliphatic heterocycles.